The predicted molar refractivity (Wildman–Crippen MR) is 122 cm³/mol. The van der Waals surface area contributed by atoms with Crippen LogP contribution in [0.15, 0.2) is 54.6 Å². The summed E-state index contributed by atoms with van der Waals surface area (Å²) in [6, 6.07) is 14.5. The van der Waals surface area contributed by atoms with Crippen LogP contribution in [0.4, 0.5) is 0 Å². The number of imidazole rings is 1. The van der Waals surface area contributed by atoms with Crippen molar-refractivity contribution in [2.45, 2.75) is 46.6 Å². The Morgan fingerprint density at radius 1 is 1.17 bits per heavy atom. The molecule has 5 heteroatoms. The van der Waals surface area contributed by atoms with Crippen LogP contribution in [-0.4, -0.2) is 28.6 Å². The van der Waals surface area contributed by atoms with Gasteiger partial charge in [-0.3, -0.25) is 4.79 Å². The first kappa shape index (κ1) is 21.6. The first-order valence-electron chi connectivity index (χ1n) is 10.5. The molecule has 3 rings (SSSR count). The Balaban J connectivity index is 1.58. The summed E-state index contributed by atoms with van der Waals surface area (Å²) in [6.45, 7) is 11.7. The van der Waals surface area contributed by atoms with Crippen LogP contribution in [-0.2, 0) is 17.8 Å². The van der Waals surface area contributed by atoms with E-state index in [1.54, 1.807) is 6.92 Å². The van der Waals surface area contributed by atoms with Gasteiger partial charge in [0.05, 0.1) is 17.6 Å². The number of fused-ring (bicyclic) bond motifs is 1. The zero-order valence-corrected chi connectivity index (χ0v) is 18.2. The smallest absolute Gasteiger partial charge is 0.246 e. The molecular formula is C25H31N3O2. The fraction of sp³-hybridized carbons (Fsp3) is 0.360. The third-order valence-electron chi connectivity index (χ3n) is 5.13. The predicted octanol–water partition coefficient (Wildman–Crippen LogP) is 4.75. The quantitative estimate of drug-likeness (QED) is 0.391. The molecule has 0 bridgehead atoms. The van der Waals surface area contributed by atoms with Gasteiger partial charge in [0.15, 0.2) is 0 Å². The summed E-state index contributed by atoms with van der Waals surface area (Å²) < 4.78 is 8.25. The van der Waals surface area contributed by atoms with Crippen LogP contribution in [0.1, 0.15) is 36.7 Å². The number of carbonyl (C=O) groups is 1. The maximum absolute atomic E-state index is 11.7. The van der Waals surface area contributed by atoms with E-state index in [0.29, 0.717) is 25.1 Å². The molecule has 0 saturated heterocycles. The number of nitrogens with zero attached hydrogens (tertiary/aromatic N) is 2. The molecule has 1 heterocycles. The van der Waals surface area contributed by atoms with Crippen molar-refractivity contribution in [2.75, 3.05) is 13.2 Å². The molecule has 0 fully saturated rings. The van der Waals surface area contributed by atoms with Gasteiger partial charge in [0.1, 0.15) is 11.6 Å². The van der Waals surface area contributed by atoms with Crippen molar-refractivity contribution >= 4 is 16.9 Å². The second kappa shape index (κ2) is 10.1. The van der Waals surface area contributed by atoms with E-state index in [-0.39, 0.29) is 5.91 Å². The second-order valence-electron chi connectivity index (χ2n) is 7.78. The van der Waals surface area contributed by atoms with Crippen molar-refractivity contribution in [1.29, 1.82) is 0 Å². The summed E-state index contributed by atoms with van der Waals surface area (Å²) >= 11 is 0. The molecule has 2 aromatic carbocycles. The van der Waals surface area contributed by atoms with E-state index in [1.807, 2.05) is 18.2 Å². The summed E-state index contributed by atoms with van der Waals surface area (Å²) in [7, 11) is 0. The Labute approximate surface area is 178 Å². The van der Waals surface area contributed by atoms with Crippen molar-refractivity contribution < 1.29 is 9.53 Å². The largest absolute Gasteiger partial charge is 0.493 e. The number of hydrogen-bond donors (Lipinski definition) is 1. The first-order valence-corrected chi connectivity index (χ1v) is 10.5. The lowest BCUT2D eigenvalue weighted by Gasteiger charge is -2.12. The fourth-order valence-corrected chi connectivity index (χ4v) is 3.42. The lowest BCUT2D eigenvalue weighted by Crippen LogP contribution is -2.26. The molecule has 0 unspecified atom stereocenters. The molecule has 0 aliphatic carbocycles. The second-order valence-corrected chi connectivity index (χ2v) is 7.78. The fourth-order valence-electron chi connectivity index (χ4n) is 3.42. The van der Waals surface area contributed by atoms with Crippen molar-refractivity contribution in [3.63, 3.8) is 0 Å². The zero-order valence-electron chi connectivity index (χ0n) is 18.2. The molecule has 1 amide bonds. The Hall–Kier alpha value is -3.08. The number of aryl methyl sites for hydroxylation is 3. The number of hydrogen-bond acceptors (Lipinski definition) is 3. The van der Waals surface area contributed by atoms with Crippen molar-refractivity contribution in [1.82, 2.24) is 14.9 Å². The molecule has 30 heavy (non-hydrogen) atoms. The van der Waals surface area contributed by atoms with Crippen LogP contribution >= 0.6 is 0 Å². The third-order valence-corrected chi connectivity index (χ3v) is 5.13. The van der Waals surface area contributed by atoms with E-state index >= 15 is 0 Å². The van der Waals surface area contributed by atoms with E-state index < -0.39 is 0 Å². The van der Waals surface area contributed by atoms with E-state index in [1.165, 1.54) is 11.1 Å². The summed E-state index contributed by atoms with van der Waals surface area (Å²) in [4.78, 5) is 16.5. The van der Waals surface area contributed by atoms with E-state index in [2.05, 4.69) is 54.6 Å². The molecular weight excluding hydrogens is 374 g/mol. The van der Waals surface area contributed by atoms with Crippen molar-refractivity contribution in [3.05, 3.63) is 71.6 Å². The van der Waals surface area contributed by atoms with Crippen molar-refractivity contribution in [2.24, 2.45) is 0 Å². The molecule has 0 spiro atoms. The summed E-state index contributed by atoms with van der Waals surface area (Å²) in [5.74, 6) is 1.85. The average Bonchev–Trinajstić information content (AvgIpc) is 3.07. The van der Waals surface area contributed by atoms with Crippen LogP contribution in [0.5, 0.6) is 5.75 Å². The van der Waals surface area contributed by atoms with E-state index in [9.17, 15) is 4.79 Å². The molecule has 0 saturated carbocycles. The van der Waals surface area contributed by atoms with Gasteiger partial charge >= 0.3 is 0 Å². The highest BCUT2D eigenvalue weighted by Gasteiger charge is 2.11. The minimum absolute atomic E-state index is 0.110. The zero-order chi connectivity index (χ0) is 21.5. The van der Waals surface area contributed by atoms with Gasteiger partial charge in [-0.2, -0.15) is 0 Å². The molecule has 158 valence electrons. The maximum Gasteiger partial charge on any atom is 0.246 e. The van der Waals surface area contributed by atoms with Gasteiger partial charge in [-0.25, -0.2) is 4.98 Å². The van der Waals surface area contributed by atoms with Gasteiger partial charge < -0.3 is 14.6 Å². The summed E-state index contributed by atoms with van der Waals surface area (Å²) in [5.41, 5.74) is 5.02. The van der Waals surface area contributed by atoms with Crippen LogP contribution in [0, 0.1) is 13.8 Å². The standard InChI is InChI=1S/C25H31N3O2/c1-18(2)25(29)26-14-13-24-27-21-9-5-6-10-22(21)28(24)15-7-8-16-30-23-17-19(3)11-12-20(23)4/h5-6,9-12,17H,1,7-8,13-16H2,2-4H3,(H,26,29). The molecule has 0 atom stereocenters. The maximum atomic E-state index is 11.7. The Kier molecular flexibility index (Phi) is 7.28. The lowest BCUT2D eigenvalue weighted by molar-refractivity contribution is -0.117. The molecule has 0 aliphatic rings. The number of nitrogens with one attached hydrogen (secondary N) is 1. The highest BCUT2D eigenvalue weighted by atomic mass is 16.5. The molecule has 1 N–H and O–H groups in total. The SMILES string of the molecule is C=C(C)C(=O)NCCc1nc2ccccc2n1CCCCOc1cc(C)ccc1C. The molecule has 0 aliphatic heterocycles. The summed E-state index contributed by atoms with van der Waals surface area (Å²) in [5, 5.41) is 2.89. The van der Waals surface area contributed by atoms with Gasteiger partial charge in [-0.1, -0.05) is 30.8 Å². The number of unbranched alkanes of at least 4 members (excludes halogenated alkanes) is 1. The Bertz CT molecular complexity index is 1040. The average molecular weight is 406 g/mol. The molecule has 3 aromatic rings. The highest BCUT2D eigenvalue weighted by molar-refractivity contribution is 5.92. The number of aromatic nitrogens is 2. The number of rotatable bonds is 10. The number of ether oxygens (including phenoxy) is 1. The van der Waals surface area contributed by atoms with E-state index in [4.69, 9.17) is 9.72 Å². The molecule has 0 radical (unpaired) electrons. The third kappa shape index (κ3) is 5.50. The number of para-hydroxylation sites is 2. The Morgan fingerprint density at radius 3 is 2.77 bits per heavy atom. The number of benzene rings is 2. The summed E-state index contributed by atoms with van der Waals surface area (Å²) in [6.07, 6.45) is 2.65. The van der Waals surface area contributed by atoms with Gasteiger partial charge in [-0.15, -0.1) is 0 Å². The lowest BCUT2D eigenvalue weighted by atomic mass is 10.1. The molecule has 5 nitrogen and oxygen atoms in total. The van der Waals surface area contributed by atoms with Gasteiger partial charge in [0, 0.05) is 25.1 Å². The number of carbonyl (C=O) groups excluding carboxylic acids is 1. The van der Waals surface area contributed by atoms with Crippen LogP contribution in [0.3, 0.4) is 0 Å². The van der Waals surface area contributed by atoms with Gasteiger partial charge in [-0.05, 0) is 62.9 Å². The minimum Gasteiger partial charge on any atom is -0.493 e. The van der Waals surface area contributed by atoms with Gasteiger partial charge in [0.25, 0.3) is 0 Å². The van der Waals surface area contributed by atoms with Crippen LogP contribution < -0.4 is 10.1 Å². The molecule has 1 aromatic heterocycles. The van der Waals surface area contributed by atoms with Crippen LogP contribution in [0.25, 0.3) is 11.0 Å². The van der Waals surface area contributed by atoms with Crippen molar-refractivity contribution in [3.8, 4) is 5.75 Å². The monoisotopic (exact) mass is 405 g/mol. The number of amides is 1. The first-order chi connectivity index (χ1) is 14.5. The van der Waals surface area contributed by atoms with E-state index in [0.717, 1.165) is 42.0 Å². The highest BCUT2D eigenvalue weighted by Crippen LogP contribution is 2.20. The topological polar surface area (TPSA) is 56.2 Å². The van der Waals surface area contributed by atoms with Crippen LogP contribution in [0.2, 0.25) is 0 Å². The normalized spacial score (nSPS) is 10.9. The minimum atomic E-state index is -0.110. The van der Waals surface area contributed by atoms with Gasteiger partial charge in [0.2, 0.25) is 5.91 Å². The Morgan fingerprint density at radius 2 is 1.97 bits per heavy atom.